The number of carbonyl (C=O) groups is 3. The maximum atomic E-state index is 13.0. The van der Waals surface area contributed by atoms with Crippen molar-refractivity contribution in [3.05, 3.63) is 44.7 Å². The molecular weight excluding hydrogens is 562 g/mol. The zero-order chi connectivity index (χ0) is 26.7. The van der Waals surface area contributed by atoms with Gasteiger partial charge in [-0.1, -0.05) is 39.9 Å². The van der Waals surface area contributed by atoms with Crippen molar-refractivity contribution in [2.24, 2.45) is 10.9 Å². The van der Waals surface area contributed by atoms with Crippen molar-refractivity contribution in [1.29, 1.82) is 0 Å². The van der Waals surface area contributed by atoms with E-state index in [0.29, 0.717) is 30.0 Å². The number of amides is 2. The number of nitrogen functional groups attached to an aromatic ring is 1. The minimum atomic E-state index is -1.24. The molecule has 196 valence electrons. The number of pyridine rings is 1. The number of fused-ring (bicyclic) bond motifs is 1. The van der Waals surface area contributed by atoms with Gasteiger partial charge in [0.25, 0.3) is 11.8 Å². The number of carboxylic acids is 1. The smallest absolute Gasteiger partial charge is 0.353 e. The lowest BCUT2D eigenvalue weighted by atomic mass is 9.86. The first kappa shape index (κ1) is 27.2. The number of hydrogen-bond donors (Lipinski definition) is 5. The molecule has 2 aliphatic heterocycles. The maximum absolute atomic E-state index is 13.0. The third-order valence-corrected chi connectivity index (χ3v) is 9.02. The zero-order valence-electron chi connectivity index (χ0n) is 19.1. The van der Waals surface area contributed by atoms with Gasteiger partial charge in [-0.05, 0) is 24.5 Å². The lowest BCUT2D eigenvalue weighted by Crippen LogP contribution is -2.72. The second-order valence-electron chi connectivity index (χ2n) is 7.89. The first-order valence-electron chi connectivity index (χ1n) is 10.9. The number of nitrogens with two attached hydrogens (primary N) is 2. The standard InChI is InChI=1S/C21H22ClN7O5S3/c22-17-14(27-21(24)37-17)15(28-34)18(30)26-13-10-1-2-12(16(20(32)33)29(10)19(13)31)36-11-3-5-25-7-9(11)8-35-6-4-23/h3,5,7,10,13,34H,1-2,4,6,8,23H2,(H2,24,27)(H,26,30)(H,32,33)/b28-15-/t10?,13-/m0/s1. The molecule has 37 heavy (non-hydrogen) atoms. The molecule has 4 rings (SSSR count). The fourth-order valence-corrected chi connectivity index (χ4v) is 6.95. The molecule has 0 aromatic carbocycles. The molecule has 1 unspecified atom stereocenters. The molecule has 1 fully saturated rings. The molecular formula is C21H22ClN7O5S3. The third-order valence-electron chi connectivity index (χ3n) is 5.63. The van der Waals surface area contributed by atoms with Crippen LogP contribution in [0.3, 0.4) is 0 Å². The Kier molecular flexibility index (Phi) is 8.59. The van der Waals surface area contributed by atoms with Crippen molar-refractivity contribution in [2.45, 2.75) is 35.6 Å². The van der Waals surface area contributed by atoms with E-state index in [9.17, 15) is 24.7 Å². The molecule has 2 amide bonds. The number of carboxylic acid groups (broad SMARTS) is 1. The summed E-state index contributed by atoms with van der Waals surface area (Å²) in [7, 11) is 0. The normalized spacial score (nSPS) is 19.5. The Bertz CT molecular complexity index is 1300. The topological polar surface area (TPSA) is 197 Å². The molecule has 2 aromatic heterocycles. The van der Waals surface area contributed by atoms with Gasteiger partial charge in [-0.3, -0.25) is 19.5 Å². The van der Waals surface area contributed by atoms with Gasteiger partial charge in [0.05, 0.1) is 6.04 Å². The average molecular weight is 584 g/mol. The van der Waals surface area contributed by atoms with E-state index in [1.807, 2.05) is 6.07 Å². The predicted molar refractivity (Wildman–Crippen MR) is 142 cm³/mol. The van der Waals surface area contributed by atoms with E-state index in [0.717, 1.165) is 27.5 Å². The molecule has 0 saturated carbocycles. The van der Waals surface area contributed by atoms with E-state index in [-0.39, 0.29) is 20.9 Å². The molecule has 2 aromatic rings. The molecule has 16 heteroatoms. The average Bonchev–Trinajstić information content (AvgIpc) is 3.20. The van der Waals surface area contributed by atoms with Crippen LogP contribution in [0.15, 0.2) is 39.1 Å². The number of rotatable bonds is 10. The van der Waals surface area contributed by atoms with E-state index in [1.165, 1.54) is 16.7 Å². The molecule has 4 heterocycles. The highest BCUT2D eigenvalue weighted by Crippen LogP contribution is 2.44. The largest absolute Gasteiger partial charge is 0.477 e. The van der Waals surface area contributed by atoms with Gasteiger partial charge in [0.15, 0.2) is 10.8 Å². The summed E-state index contributed by atoms with van der Waals surface area (Å²) in [4.78, 5) is 48.7. The number of oxime groups is 1. The summed E-state index contributed by atoms with van der Waals surface area (Å²) >= 11 is 9.86. The second kappa shape index (κ2) is 11.7. The van der Waals surface area contributed by atoms with Crippen molar-refractivity contribution in [2.75, 3.05) is 18.0 Å². The highest BCUT2D eigenvalue weighted by Gasteiger charge is 2.54. The van der Waals surface area contributed by atoms with Crippen LogP contribution in [-0.2, 0) is 20.1 Å². The number of carbonyl (C=O) groups excluding carboxylic acids is 2. The Morgan fingerprint density at radius 3 is 2.84 bits per heavy atom. The summed E-state index contributed by atoms with van der Waals surface area (Å²) in [6, 6.07) is 0.248. The number of hydrogen-bond acceptors (Lipinski definition) is 12. The van der Waals surface area contributed by atoms with Gasteiger partial charge in [-0.15, -0.1) is 0 Å². The van der Waals surface area contributed by atoms with Crippen LogP contribution in [0.2, 0.25) is 4.34 Å². The number of allylic oxidation sites excluding steroid dienone is 1. The van der Waals surface area contributed by atoms with E-state index >= 15 is 0 Å². The van der Waals surface area contributed by atoms with Crippen LogP contribution in [0.5, 0.6) is 0 Å². The second-order valence-corrected chi connectivity index (χ2v) is 11.8. The van der Waals surface area contributed by atoms with Gasteiger partial charge in [0.2, 0.25) is 0 Å². The number of thioether (sulfide) groups is 2. The highest BCUT2D eigenvalue weighted by molar-refractivity contribution is 8.03. The summed E-state index contributed by atoms with van der Waals surface area (Å²) < 4.78 is 0.0503. The molecule has 1 saturated heterocycles. The minimum absolute atomic E-state index is 0.0503. The predicted octanol–water partition coefficient (Wildman–Crippen LogP) is 1.72. The van der Waals surface area contributed by atoms with E-state index in [2.05, 4.69) is 20.4 Å². The number of halogens is 1. The number of aliphatic carboxylic acids is 1. The fourth-order valence-electron chi connectivity index (χ4n) is 4.02. The Morgan fingerprint density at radius 1 is 1.41 bits per heavy atom. The minimum Gasteiger partial charge on any atom is -0.477 e. The summed E-state index contributed by atoms with van der Waals surface area (Å²) in [5.74, 6) is -1.25. The SMILES string of the molecule is NCCSCc1cnccc1SC1=C(C(=O)O)N2C(=O)[C@@H](NC(=O)/C(=N\O)c3nc(N)sc3Cl)C2CC1. The Morgan fingerprint density at radius 2 is 2.19 bits per heavy atom. The van der Waals surface area contributed by atoms with Gasteiger partial charge < -0.3 is 27.1 Å². The Hall–Kier alpha value is -2.85. The number of nitrogens with zero attached hydrogens (tertiary/aromatic N) is 4. The lowest BCUT2D eigenvalue weighted by molar-refractivity contribution is -0.155. The van der Waals surface area contributed by atoms with Crippen LogP contribution in [0, 0.1) is 0 Å². The number of thiazole rings is 1. The van der Waals surface area contributed by atoms with Crippen LogP contribution < -0.4 is 16.8 Å². The Labute approximate surface area is 228 Å². The lowest BCUT2D eigenvalue weighted by Gasteiger charge is -2.50. The first-order valence-corrected chi connectivity index (χ1v) is 14.1. The number of aromatic nitrogens is 2. The first-order chi connectivity index (χ1) is 17.8. The van der Waals surface area contributed by atoms with Gasteiger partial charge >= 0.3 is 5.97 Å². The van der Waals surface area contributed by atoms with E-state index in [4.69, 9.17) is 23.1 Å². The van der Waals surface area contributed by atoms with Crippen molar-refractivity contribution in [3.63, 3.8) is 0 Å². The molecule has 0 aliphatic carbocycles. The molecule has 0 spiro atoms. The van der Waals surface area contributed by atoms with Gasteiger partial charge in [0.1, 0.15) is 21.8 Å². The summed E-state index contributed by atoms with van der Waals surface area (Å²) in [5, 5.41) is 24.9. The molecule has 0 bridgehead atoms. The van der Waals surface area contributed by atoms with Gasteiger partial charge in [0, 0.05) is 40.2 Å². The molecule has 7 N–H and O–H groups in total. The quantitative estimate of drug-likeness (QED) is 0.0897. The molecule has 2 atom stereocenters. The van der Waals surface area contributed by atoms with Crippen LogP contribution >= 0.6 is 46.5 Å². The van der Waals surface area contributed by atoms with Crippen molar-refractivity contribution >= 4 is 75.1 Å². The monoisotopic (exact) mass is 583 g/mol. The van der Waals surface area contributed by atoms with Gasteiger partial charge in [-0.25, -0.2) is 9.78 Å². The van der Waals surface area contributed by atoms with E-state index < -0.39 is 35.6 Å². The van der Waals surface area contributed by atoms with Crippen molar-refractivity contribution in [3.8, 4) is 0 Å². The van der Waals surface area contributed by atoms with Crippen molar-refractivity contribution in [1.82, 2.24) is 20.2 Å². The van der Waals surface area contributed by atoms with Crippen LogP contribution in [0.25, 0.3) is 0 Å². The van der Waals surface area contributed by atoms with Crippen LogP contribution in [0.4, 0.5) is 5.13 Å². The third kappa shape index (κ3) is 5.55. The number of anilines is 1. The Balaban J connectivity index is 1.52. The van der Waals surface area contributed by atoms with Crippen molar-refractivity contribution < 1.29 is 24.7 Å². The molecule has 2 aliphatic rings. The number of β-lactam (4-membered cyclic amide) rings is 1. The molecule has 0 radical (unpaired) electrons. The number of nitrogens with one attached hydrogen (secondary N) is 1. The summed E-state index contributed by atoms with van der Waals surface area (Å²) in [6.45, 7) is 0.550. The van der Waals surface area contributed by atoms with Crippen LogP contribution in [0.1, 0.15) is 24.1 Å². The summed E-state index contributed by atoms with van der Waals surface area (Å²) in [6.07, 6.45) is 4.19. The summed E-state index contributed by atoms with van der Waals surface area (Å²) in [5.41, 5.74) is 11.4. The van der Waals surface area contributed by atoms with Gasteiger partial charge in [-0.2, -0.15) is 11.8 Å². The van der Waals surface area contributed by atoms with E-state index in [1.54, 1.807) is 24.2 Å². The molecule has 12 nitrogen and oxygen atoms in total. The highest BCUT2D eigenvalue weighted by atomic mass is 35.5. The van der Waals surface area contributed by atoms with Crippen LogP contribution in [-0.4, -0.2) is 73.1 Å². The fraction of sp³-hybridized carbons (Fsp3) is 0.333. The zero-order valence-corrected chi connectivity index (χ0v) is 22.3. The maximum Gasteiger partial charge on any atom is 0.353 e.